The van der Waals surface area contributed by atoms with Crippen LogP contribution in [0.1, 0.15) is 24.4 Å². The van der Waals surface area contributed by atoms with Crippen LogP contribution in [-0.4, -0.2) is 44.2 Å². The van der Waals surface area contributed by atoms with Crippen molar-refractivity contribution < 1.29 is 14.3 Å². The van der Waals surface area contributed by atoms with Gasteiger partial charge in [-0.05, 0) is 42.7 Å². The normalized spacial score (nSPS) is 14.9. The number of hydrogen-bond donors (Lipinski definition) is 1. The van der Waals surface area contributed by atoms with Gasteiger partial charge in [-0.1, -0.05) is 30.3 Å². The zero-order valence-corrected chi connectivity index (χ0v) is 15.2. The van der Waals surface area contributed by atoms with Crippen molar-refractivity contribution in [2.75, 3.05) is 33.4 Å². The first kappa shape index (κ1) is 18.3. The summed E-state index contributed by atoms with van der Waals surface area (Å²) >= 11 is 0. The third-order valence-corrected chi connectivity index (χ3v) is 4.58. The van der Waals surface area contributed by atoms with Gasteiger partial charge >= 0.3 is 0 Å². The molecule has 2 aromatic carbocycles. The van der Waals surface area contributed by atoms with Gasteiger partial charge in [0.05, 0.1) is 7.11 Å². The number of benzene rings is 2. The highest BCUT2D eigenvalue weighted by Gasteiger charge is 2.27. The number of ether oxygens (including phenoxy) is 2. The molecule has 1 atom stereocenters. The lowest BCUT2D eigenvalue weighted by Gasteiger charge is -2.24. The van der Waals surface area contributed by atoms with Gasteiger partial charge in [0.15, 0.2) is 0 Å². The maximum Gasteiger partial charge on any atom is 0.244 e. The maximum absolute atomic E-state index is 12.9. The molecule has 1 unspecified atom stereocenters. The molecule has 1 N–H and O–H groups in total. The molecule has 1 aliphatic heterocycles. The number of methoxy groups -OCH3 is 1. The molecule has 1 aliphatic rings. The predicted molar refractivity (Wildman–Crippen MR) is 101 cm³/mol. The van der Waals surface area contributed by atoms with Gasteiger partial charge < -0.3 is 14.4 Å². The van der Waals surface area contributed by atoms with Gasteiger partial charge in [-0.15, -0.1) is 0 Å². The first-order chi connectivity index (χ1) is 12.8. The summed E-state index contributed by atoms with van der Waals surface area (Å²) in [5.74, 6) is 1.74. The van der Waals surface area contributed by atoms with E-state index >= 15 is 0 Å². The SMILES string of the molecule is COc1ccc(OCCNC(C(=O)N2CCCC2)c2ccccc2)cc1. The number of nitrogens with one attached hydrogen (secondary N) is 1. The van der Waals surface area contributed by atoms with Crippen molar-refractivity contribution in [2.45, 2.75) is 18.9 Å². The van der Waals surface area contributed by atoms with Gasteiger partial charge in [0.2, 0.25) is 5.91 Å². The highest BCUT2D eigenvalue weighted by atomic mass is 16.5. The van der Waals surface area contributed by atoms with Crippen LogP contribution in [0.2, 0.25) is 0 Å². The van der Waals surface area contributed by atoms with Crippen molar-refractivity contribution in [1.29, 1.82) is 0 Å². The zero-order chi connectivity index (χ0) is 18.2. The quantitative estimate of drug-likeness (QED) is 0.741. The molecule has 5 nitrogen and oxygen atoms in total. The first-order valence-electron chi connectivity index (χ1n) is 9.12. The summed E-state index contributed by atoms with van der Waals surface area (Å²) in [6.07, 6.45) is 2.18. The predicted octanol–water partition coefficient (Wildman–Crippen LogP) is 3.03. The maximum atomic E-state index is 12.9. The molecule has 0 aromatic heterocycles. The zero-order valence-electron chi connectivity index (χ0n) is 15.2. The van der Waals surface area contributed by atoms with Crippen LogP contribution in [-0.2, 0) is 4.79 Å². The van der Waals surface area contributed by atoms with Crippen molar-refractivity contribution in [1.82, 2.24) is 10.2 Å². The molecule has 0 bridgehead atoms. The van der Waals surface area contributed by atoms with Crippen LogP contribution in [0.5, 0.6) is 11.5 Å². The van der Waals surface area contributed by atoms with Gasteiger partial charge in [0.25, 0.3) is 0 Å². The van der Waals surface area contributed by atoms with Gasteiger partial charge in [-0.2, -0.15) is 0 Å². The summed E-state index contributed by atoms with van der Waals surface area (Å²) < 4.78 is 10.9. The van der Waals surface area contributed by atoms with E-state index in [4.69, 9.17) is 9.47 Å². The number of rotatable bonds is 8. The van der Waals surface area contributed by atoms with E-state index in [0.717, 1.165) is 43.0 Å². The number of carbonyl (C=O) groups excluding carboxylic acids is 1. The van der Waals surface area contributed by atoms with E-state index in [0.29, 0.717) is 13.2 Å². The molecular formula is C21H26N2O3. The summed E-state index contributed by atoms with van der Waals surface area (Å²) in [6.45, 7) is 2.78. The molecule has 5 heteroatoms. The number of nitrogens with zero attached hydrogens (tertiary/aromatic N) is 1. The lowest BCUT2D eigenvalue weighted by atomic mass is 10.1. The topological polar surface area (TPSA) is 50.8 Å². The van der Waals surface area contributed by atoms with Crippen molar-refractivity contribution >= 4 is 5.91 Å². The molecule has 1 heterocycles. The Morgan fingerprint density at radius 1 is 1.04 bits per heavy atom. The lowest BCUT2D eigenvalue weighted by molar-refractivity contribution is -0.132. The monoisotopic (exact) mass is 354 g/mol. The molecule has 2 aromatic rings. The third kappa shape index (κ3) is 4.76. The minimum absolute atomic E-state index is 0.151. The average molecular weight is 354 g/mol. The summed E-state index contributed by atoms with van der Waals surface area (Å²) in [5.41, 5.74) is 0.994. The van der Waals surface area contributed by atoms with Crippen molar-refractivity contribution in [3.8, 4) is 11.5 Å². The minimum atomic E-state index is -0.325. The Balaban J connectivity index is 1.56. The van der Waals surface area contributed by atoms with Gasteiger partial charge in [-0.3, -0.25) is 10.1 Å². The molecule has 26 heavy (non-hydrogen) atoms. The molecule has 1 amide bonds. The molecule has 0 spiro atoms. The van der Waals surface area contributed by atoms with Gasteiger partial charge in [0, 0.05) is 19.6 Å². The standard InChI is InChI=1S/C21H26N2O3/c1-25-18-9-11-19(12-10-18)26-16-13-22-20(17-7-3-2-4-8-17)21(24)23-14-5-6-15-23/h2-4,7-12,20,22H,5-6,13-16H2,1H3. The molecule has 1 saturated heterocycles. The van der Waals surface area contributed by atoms with E-state index in [1.165, 1.54) is 0 Å². The Morgan fingerprint density at radius 2 is 1.69 bits per heavy atom. The molecule has 1 fully saturated rings. The van der Waals surface area contributed by atoms with Gasteiger partial charge in [0.1, 0.15) is 24.1 Å². The Morgan fingerprint density at radius 3 is 2.35 bits per heavy atom. The summed E-state index contributed by atoms with van der Waals surface area (Å²) in [7, 11) is 1.64. The number of amides is 1. The van der Waals surface area contributed by atoms with E-state index in [1.54, 1.807) is 7.11 Å². The lowest BCUT2D eigenvalue weighted by Crippen LogP contribution is -2.40. The van der Waals surface area contributed by atoms with E-state index in [1.807, 2.05) is 59.5 Å². The fraction of sp³-hybridized carbons (Fsp3) is 0.381. The number of carbonyl (C=O) groups is 1. The van der Waals surface area contributed by atoms with Crippen LogP contribution < -0.4 is 14.8 Å². The van der Waals surface area contributed by atoms with Crippen LogP contribution >= 0.6 is 0 Å². The number of hydrogen-bond acceptors (Lipinski definition) is 4. The number of likely N-dealkylation sites (tertiary alicyclic amines) is 1. The smallest absolute Gasteiger partial charge is 0.244 e. The fourth-order valence-corrected chi connectivity index (χ4v) is 3.16. The Labute approximate surface area is 154 Å². The second-order valence-electron chi connectivity index (χ2n) is 6.35. The first-order valence-corrected chi connectivity index (χ1v) is 9.12. The van der Waals surface area contributed by atoms with Crippen LogP contribution in [0.4, 0.5) is 0 Å². The van der Waals surface area contributed by atoms with E-state index in [-0.39, 0.29) is 11.9 Å². The summed E-state index contributed by atoms with van der Waals surface area (Å²) in [5, 5.41) is 3.36. The van der Waals surface area contributed by atoms with E-state index < -0.39 is 0 Å². The van der Waals surface area contributed by atoms with Crippen molar-refractivity contribution in [3.63, 3.8) is 0 Å². The summed E-state index contributed by atoms with van der Waals surface area (Å²) in [4.78, 5) is 14.8. The second-order valence-corrected chi connectivity index (χ2v) is 6.35. The Kier molecular flexibility index (Phi) is 6.50. The highest BCUT2D eigenvalue weighted by molar-refractivity contribution is 5.83. The third-order valence-electron chi connectivity index (χ3n) is 4.58. The van der Waals surface area contributed by atoms with E-state index in [2.05, 4.69) is 5.32 Å². The molecular weight excluding hydrogens is 328 g/mol. The fourth-order valence-electron chi connectivity index (χ4n) is 3.16. The molecule has 0 aliphatic carbocycles. The van der Waals surface area contributed by atoms with Crippen LogP contribution in [0.3, 0.4) is 0 Å². The molecule has 3 rings (SSSR count). The highest BCUT2D eigenvalue weighted by Crippen LogP contribution is 2.20. The Hall–Kier alpha value is -2.53. The molecule has 138 valence electrons. The second kappa shape index (κ2) is 9.25. The summed E-state index contributed by atoms with van der Waals surface area (Å²) in [6, 6.07) is 17.1. The van der Waals surface area contributed by atoms with Crippen LogP contribution in [0.15, 0.2) is 54.6 Å². The molecule has 0 radical (unpaired) electrons. The van der Waals surface area contributed by atoms with Crippen molar-refractivity contribution in [2.24, 2.45) is 0 Å². The largest absolute Gasteiger partial charge is 0.497 e. The van der Waals surface area contributed by atoms with Crippen LogP contribution in [0, 0.1) is 0 Å². The molecule has 0 saturated carbocycles. The van der Waals surface area contributed by atoms with Gasteiger partial charge in [-0.25, -0.2) is 0 Å². The van der Waals surface area contributed by atoms with Crippen molar-refractivity contribution in [3.05, 3.63) is 60.2 Å². The van der Waals surface area contributed by atoms with Crippen LogP contribution in [0.25, 0.3) is 0 Å². The Bertz CT molecular complexity index is 682. The van der Waals surface area contributed by atoms with E-state index in [9.17, 15) is 4.79 Å². The minimum Gasteiger partial charge on any atom is -0.497 e. The average Bonchev–Trinajstić information content (AvgIpc) is 3.23.